The number of halogens is 1. The molecule has 0 aliphatic carbocycles. The summed E-state index contributed by atoms with van der Waals surface area (Å²) in [5, 5.41) is 9.45. The second-order valence-corrected chi connectivity index (χ2v) is 10.6. The Hall–Kier alpha value is -4.56. The molecule has 5 heterocycles. The first-order valence-corrected chi connectivity index (χ1v) is 13.5. The van der Waals surface area contributed by atoms with E-state index in [9.17, 15) is 4.39 Å². The molecule has 1 aliphatic heterocycles. The van der Waals surface area contributed by atoms with Crippen LogP contribution < -0.4 is 4.74 Å². The monoisotopic (exact) mass is 532 g/mol. The second kappa shape index (κ2) is 9.88. The molecule has 0 radical (unpaired) electrons. The summed E-state index contributed by atoms with van der Waals surface area (Å²) < 4.78 is 19.6. The Balaban J connectivity index is 1.29. The maximum absolute atomic E-state index is 14.3. The minimum atomic E-state index is -0.373. The molecule has 6 aromatic rings. The van der Waals surface area contributed by atoms with E-state index in [2.05, 4.69) is 61.2 Å². The number of ether oxygens (including phenoxy) is 1. The van der Waals surface area contributed by atoms with Crippen LogP contribution in [0.4, 0.5) is 4.39 Å². The van der Waals surface area contributed by atoms with Crippen molar-refractivity contribution in [1.29, 1.82) is 0 Å². The van der Waals surface area contributed by atoms with Gasteiger partial charge in [0, 0.05) is 52.4 Å². The summed E-state index contributed by atoms with van der Waals surface area (Å²) in [4.78, 5) is 15.3. The molecule has 1 fully saturated rings. The quantitative estimate of drug-likeness (QED) is 0.244. The number of H-pyrrole nitrogens is 2. The van der Waals surface area contributed by atoms with Crippen LogP contribution in [0.25, 0.3) is 55.7 Å². The maximum Gasteiger partial charge on any atom is 0.181 e. The predicted molar refractivity (Wildman–Crippen MR) is 156 cm³/mol. The Kier molecular flexibility index (Phi) is 6.04. The highest BCUT2D eigenvalue weighted by molar-refractivity contribution is 6.00. The van der Waals surface area contributed by atoms with Gasteiger partial charge in [0.1, 0.15) is 11.6 Å². The molecule has 4 aromatic heterocycles. The molecule has 8 heteroatoms. The van der Waals surface area contributed by atoms with Crippen LogP contribution in [-0.4, -0.2) is 50.2 Å². The Bertz CT molecular complexity index is 1870. The molecule has 40 heavy (non-hydrogen) atoms. The number of fused-ring (bicyclic) bond motifs is 2. The molecule has 7 rings (SSSR count). The zero-order valence-electron chi connectivity index (χ0n) is 22.5. The van der Waals surface area contributed by atoms with Crippen molar-refractivity contribution >= 4 is 21.9 Å². The zero-order chi connectivity index (χ0) is 27.2. The van der Waals surface area contributed by atoms with Gasteiger partial charge in [0.2, 0.25) is 0 Å². The molecule has 2 aromatic carbocycles. The third kappa shape index (κ3) is 4.50. The number of pyridine rings is 2. The highest BCUT2D eigenvalue weighted by atomic mass is 19.1. The number of aromatic amines is 2. The molecule has 1 saturated heterocycles. The standard InChI is InChI=1S/C32H29FN6O/c1-19-9-20(18-39-7-3-4-8-39)11-21(10-19)23-14-27-31(37-38-32(27)35-17-23)29-16-26-28(36-29)5-6-34-30(26)22-12-24(33)15-25(13-22)40-2/h5-6,9-17,36H,3-4,7-8,18H2,1-2H3,(H,35,37,38). The smallest absolute Gasteiger partial charge is 0.181 e. The van der Waals surface area contributed by atoms with Gasteiger partial charge >= 0.3 is 0 Å². The van der Waals surface area contributed by atoms with Crippen molar-refractivity contribution < 1.29 is 9.13 Å². The van der Waals surface area contributed by atoms with Crippen LogP contribution in [-0.2, 0) is 6.54 Å². The first-order chi connectivity index (χ1) is 19.5. The van der Waals surface area contributed by atoms with Gasteiger partial charge in [-0.25, -0.2) is 9.37 Å². The van der Waals surface area contributed by atoms with Gasteiger partial charge in [-0.05, 0) is 80.4 Å². The summed E-state index contributed by atoms with van der Waals surface area (Å²) in [6, 6.07) is 17.5. The van der Waals surface area contributed by atoms with Crippen LogP contribution in [0.2, 0.25) is 0 Å². The van der Waals surface area contributed by atoms with Crippen LogP contribution in [0.5, 0.6) is 5.75 Å². The fourth-order valence-corrected chi connectivity index (χ4v) is 5.82. The lowest BCUT2D eigenvalue weighted by atomic mass is 10.00. The Morgan fingerprint density at radius 1 is 0.925 bits per heavy atom. The molecule has 2 N–H and O–H groups in total. The van der Waals surface area contributed by atoms with E-state index < -0.39 is 0 Å². The van der Waals surface area contributed by atoms with Gasteiger partial charge < -0.3 is 9.72 Å². The molecule has 0 atom stereocenters. The van der Waals surface area contributed by atoms with Gasteiger partial charge in [0.25, 0.3) is 0 Å². The van der Waals surface area contributed by atoms with Gasteiger partial charge in [0.05, 0.1) is 24.2 Å². The fourth-order valence-electron chi connectivity index (χ4n) is 5.82. The van der Waals surface area contributed by atoms with E-state index in [1.165, 1.54) is 56.3 Å². The second-order valence-electron chi connectivity index (χ2n) is 10.6. The van der Waals surface area contributed by atoms with Crippen molar-refractivity contribution in [3.05, 3.63) is 83.9 Å². The van der Waals surface area contributed by atoms with E-state index in [1.807, 2.05) is 18.3 Å². The number of benzene rings is 2. The van der Waals surface area contributed by atoms with Crippen LogP contribution in [0, 0.1) is 12.7 Å². The van der Waals surface area contributed by atoms with Gasteiger partial charge in [-0.2, -0.15) is 5.10 Å². The molecule has 1 aliphatic rings. The number of nitrogens with zero attached hydrogens (tertiary/aromatic N) is 4. The average Bonchev–Trinajstić information content (AvgIpc) is 3.71. The maximum atomic E-state index is 14.3. The normalized spacial score (nSPS) is 14.0. The molecular weight excluding hydrogens is 503 g/mol. The van der Waals surface area contributed by atoms with Crippen LogP contribution >= 0.6 is 0 Å². The third-order valence-electron chi connectivity index (χ3n) is 7.68. The van der Waals surface area contributed by atoms with Crippen molar-refractivity contribution in [3.63, 3.8) is 0 Å². The highest BCUT2D eigenvalue weighted by Gasteiger charge is 2.17. The lowest BCUT2D eigenvalue weighted by Crippen LogP contribution is -2.18. The van der Waals surface area contributed by atoms with E-state index in [1.54, 1.807) is 12.3 Å². The summed E-state index contributed by atoms with van der Waals surface area (Å²) in [7, 11) is 1.53. The van der Waals surface area contributed by atoms with Crippen molar-refractivity contribution in [3.8, 4) is 39.5 Å². The summed E-state index contributed by atoms with van der Waals surface area (Å²) in [5.74, 6) is 0.0734. The number of nitrogens with one attached hydrogen (secondary N) is 2. The van der Waals surface area contributed by atoms with Gasteiger partial charge in [0.15, 0.2) is 5.65 Å². The molecular formula is C32H29FN6O. The zero-order valence-corrected chi connectivity index (χ0v) is 22.5. The van der Waals surface area contributed by atoms with Crippen molar-refractivity contribution in [2.75, 3.05) is 20.2 Å². The van der Waals surface area contributed by atoms with Crippen molar-refractivity contribution in [1.82, 2.24) is 30.0 Å². The van der Waals surface area contributed by atoms with Gasteiger partial charge in [-0.1, -0.05) is 17.7 Å². The molecule has 0 unspecified atom stereocenters. The SMILES string of the molecule is COc1cc(F)cc(-c2nccc3[nH]c(-c4[nH]nc5ncc(-c6cc(C)cc(CN7CCCC7)c6)cc45)cc23)c1. The largest absolute Gasteiger partial charge is 0.497 e. The number of aromatic nitrogens is 5. The van der Waals surface area contributed by atoms with Gasteiger partial charge in [-0.15, -0.1) is 0 Å². The predicted octanol–water partition coefficient (Wildman–Crippen LogP) is 6.89. The summed E-state index contributed by atoms with van der Waals surface area (Å²) in [6.45, 7) is 5.47. The first kappa shape index (κ1) is 24.5. The molecule has 200 valence electrons. The van der Waals surface area contributed by atoms with Crippen LogP contribution in [0.1, 0.15) is 24.0 Å². The fraction of sp³-hybridized carbons (Fsp3) is 0.219. The molecule has 0 saturated carbocycles. The molecule has 0 amide bonds. The third-order valence-corrected chi connectivity index (χ3v) is 7.68. The number of likely N-dealkylation sites (tertiary alicyclic amines) is 1. The number of methoxy groups -OCH3 is 1. The van der Waals surface area contributed by atoms with E-state index in [0.29, 0.717) is 22.7 Å². The van der Waals surface area contributed by atoms with E-state index >= 15 is 0 Å². The Morgan fingerprint density at radius 3 is 2.65 bits per heavy atom. The van der Waals surface area contributed by atoms with E-state index in [4.69, 9.17) is 4.74 Å². The van der Waals surface area contributed by atoms with Crippen molar-refractivity contribution in [2.24, 2.45) is 0 Å². The summed E-state index contributed by atoms with van der Waals surface area (Å²) >= 11 is 0. The first-order valence-electron chi connectivity index (χ1n) is 13.5. The topological polar surface area (TPSA) is 82.7 Å². The lowest BCUT2D eigenvalue weighted by Gasteiger charge is -2.16. The van der Waals surface area contributed by atoms with Crippen LogP contribution in [0.3, 0.4) is 0 Å². The highest BCUT2D eigenvalue weighted by Crippen LogP contribution is 2.35. The van der Waals surface area contributed by atoms with Crippen LogP contribution in [0.15, 0.2) is 67.0 Å². The number of hydrogen-bond donors (Lipinski definition) is 2. The van der Waals surface area contributed by atoms with Gasteiger partial charge in [-0.3, -0.25) is 15.0 Å². The Labute approximate surface area is 231 Å². The minimum absolute atomic E-state index is 0.373. The minimum Gasteiger partial charge on any atom is -0.497 e. The van der Waals surface area contributed by atoms with E-state index in [0.717, 1.165) is 45.3 Å². The average molecular weight is 533 g/mol. The number of aryl methyl sites for hydroxylation is 1. The molecule has 0 spiro atoms. The number of rotatable bonds is 6. The molecule has 7 nitrogen and oxygen atoms in total. The Morgan fingerprint density at radius 2 is 1.80 bits per heavy atom. The molecule has 0 bridgehead atoms. The van der Waals surface area contributed by atoms with Crippen molar-refractivity contribution in [2.45, 2.75) is 26.3 Å². The van der Waals surface area contributed by atoms with E-state index in [-0.39, 0.29) is 5.82 Å². The summed E-state index contributed by atoms with van der Waals surface area (Å²) in [5.41, 5.74) is 9.32. The lowest BCUT2D eigenvalue weighted by molar-refractivity contribution is 0.331. The summed E-state index contributed by atoms with van der Waals surface area (Å²) in [6.07, 6.45) is 6.18. The number of hydrogen-bond acceptors (Lipinski definition) is 5.